The molecule has 102 valence electrons. The fourth-order valence-electron chi connectivity index (χ4n) is 2.38. The number of carbonyl (C=O) groups is 3. The van der Waals surface area contributed by atoms with Crippen LogP contribution in [0, 0.1) is 26.2 Å². The van der Waals surface area contributed by atoms with Crippen LogP contribution in [0.2, 0.25) is 0 Å². The Labute approximate surface area is 116 Å². The molecule has 0 saturated heterocycles. The third kappa shape index (κ3) is 1.86. The lowest BCUT2D eigenvalue weighted by Crippen LogP contribution is -2.44. The van der Waals surface area contributed by atoms with Gasteiger partial charge in [-0.1, -0.05) is 12.1 Å². The van der Waals surface area contributed by atoms with E-state index in [9.17, 15) is 19.5 Å². The summed E-state index contributed by atoms with van der Waals surface area (Å²) >= 11 is 0. The molecule has 0 aliphatic carbocycles. The van der Waals surface area contributed by atoms with Crippen molar-refractivity contribution in [2.45, 2.75) is 26.3 Å². The van der Waals surface area contributed by atoms with Crippen molar-refractivity contribution in [2.24, 2.45) is 0 Å². The van der Waals surface area contributed by atoms with E-state index in [1.54, 1.807) is 26.0 Å². The molecule has 0 fully saturated rings. The molecule has 2 amide bonds. The molecule has 1 aliphatic rings. The zero-order chi connectivity index (χ0) is 15.0. The molecule has 1 aromatic rings. The topological polar surface area (TPSA) is 74.7 Å². The van der Waals surface area contributed by atoms with E-state index in [4.69, 9.17) is 6.42 Å². The molecule has 1 unspecified atom stereocenters. The third-order valence-electron chi connectivity index (χ3n) is 3.40. The Morgan fingerprint density at radius 2 is 1.70 bits per heavy atom. The number of hydrogen-bond acceptors (Lipinski definition) is 3. The van der Waals surface area contributed by atoms with Crippen LogP contribution in [0.15, 0.2) is 12.1 Å². The van der Waals surface area contributed by atoms with Gasteiger partial charge in [-0.15, -0.1) is 12.3 Å². The Hall–Kier alpha value is -2.61. The first kappa shape index (κ1) is 13.8. The van der Waals surface area contributed by atoms with E-state index in [-0.39, 0.29) is 17.5 Å². The highest BCUT2D eigenvalue weighted by Gasteiger charge is 2.44. The van der Waals surface area contributed by atoms with E-state index < -0.39 is 23.8 Å². The number of terminal acetylenes is 1. The fraction of sp³-hybridized carbons (Fsp3) is 0.267. The molecule has 1 aliphatic heterocycles. The zero-order valence-corrected chi connectivity index (χ0v) is 11.1. The molecule has 0 spiro atoms. The molecule has 5 nitrogen and oxygen atoms in total. The summed E-state index contributed by atoms with van der Waals surface area (Å²) in [5.41, 5.74) is 1.85. The summed E-state index contributed by atoms with van der Waals surface area (Å²) in [4.78, 5) is 36.8. The van der Waals surface area contributed by atoms with E-state index in [1.807, 2.05) is 0 Å². The predicted molar refractivity (Wildman–Crippen MR) is 71.3 cm³/mol. The summed E-state index contributed by atoms with van der Waals surface area (Å²) in [5, 5.41) is 9.18. The van der Waals surface area contributed by atoms with Gasteiger partial charge < -0.3 is 5.11 Å². The molecular weight excluding hydrogens is 258 g/mol. The van der Waals surface area contributed by atoms with Gasteiger partial charge >= 0.3 is 5.97 Å². The number of amides is 2. The lowest BCUT2D eigenvalue weighted by Gasteiger charge is -2.20. The van der Waals surface area contributed by atoms with E-state index in [0.717, 1.165) is 4.90 Å². The number of benzene rings is 1. The fourth-order valence-corrected chi connectivity index (χ4v) is 2.38. The van der Waals surface area contributed by atoms with Crippen molar-refractivity contribution in [3.63, 3.8) is 0 Å². The maximum atomic E-state index is 12.4. The van der Waals surface area contributed by atoms with Crippen molar-refractivity contribution in [2.75, 3.05) is 0 Å². The van der Waals surface area contributed by atoms with E-state index >= 15 is 0 Å². The summed E-state index contributed by atoms with van der Waals surface area (Å²) in [5.74, 6) is -0.266. The van der Waals surface area contributed by atoms with Gasteiger partial charge in [0.05, 0.1) is 11.1 Å². The Bertz CT molecular complexity index is 628. The lowest BCUT2D eigenvalue weighted by atomic mass is 9.99. The Morgan fingerprint density at radius 1 is 1.25 bits per heavy atom. The number of imide groups is 1. The monoisotopic (exact) mass is 271 g/mol. The number of carbonyl (C=O) groups excluding carboxylic acids is 2. The van der Waals surface area contributed by atoms with Crippen LogP contribution in [0.25, 0.3) is 0 Å². The van der Waals surface area contributed by atoms with Gasteiger partial charge in [0.25, 0.3) is 11.8 Å². The van der Waals surface area contributed by atoms with Crippen LogP contribution in [0.5, 0.6) is 0 Å². The molecule has 20 heavy (non-hydrogen) atoms. The molecule has 2 rings (SSSR count). The Kier molecular flexibility index (Phi) is 3.33. The predicted octanol–water partition coefficient (Wildman–Crippen LogP) is 1.38. The van der Waals surface area contributed by atoms with Crippen LogP contribution in [0.4, 0.5) is 0 Å². The summed E-state index contributed by atoms with van der Waals surface area (Å²) in [6.07, 6.45) is 4.92. The van der Waals surface area contributed by atoms with Crippen molar-refractivity contribution in [1.29, 1.82) is 0 Å². The molecule has 0 aromatic heterocycles. The number of aryl methyl sites for hydroxylation is 2. The van der Waals surface area contributed by atoms with Crippen LogP contribution in [0.1, 0.15) is 38.3 Å². The van der Waals surface area contributed by atoms with Crippen molar-refractivity contribution >= 4 is 17.8 Å². The molecule has 1 aromatic carbocycles. The Morgan fingerprint density at radius 3 is 2.05 bits per heavy atom. The van der Waals surface area contributed by atoms with Gasteiger partial charge in [0, 0.05) is 6.42 Å². The summed E-state index contributed by atoms with van der Waals surface area (Å²) in [6, 6.07) is 2.14. The Balaban J connectivity index is 2.58. The molecule has 1 heterocycles. The number of carboxylic acid groups (broad SMARTS) is 1. The quantitative estimate of drug-likeness (QED) is 0.665. The molecule has 0 radical (unpaired) electrons. The molecule has 5 heteroatoms. The molecule has 1 N–H and O–H groups in total. The standard InChI is InChI=1S/C15H13NO4/c1-4-5-10(15(19)20)16-13(17)11-8(2)6-7-9(3)12(11)14(16)18/h1,6-7,10H,5H2,2-3H3,(H,19,20). The first-order valence-corrected chi connectivity index (χ1v) is 6.04. The maximum Gasteiger partial charge on any atom is 0.327 e. The first-order valence-electron chi connectivity index (χ1n) is 6.04. The van der Waals surface area contributed by atoms with Gasteiger partial charge in [0.2, 0.25) is 0 Å². The van der Waals surface area contributed by atoms with Gasteiger partial charge in [-0.05, 0) is 25.0 Å². The van der Waals surface area contributed by atoms with Crippen LogP contribution in [0.3, 0.4) is 0 Å². The summed E-state index contributed by atoms with van der Waals surface area (Å²) in [7, 11) is 0. The maximum absolute atomic E-state index is 12.4. The van der Waals surface area contributed by atoms with E-state index in [2.05, 4.69) is 5.92 Å². The van der Waals surface area contributed by atoms with Crippen molar-refractivity contribution in [3.05, 3.63) is 34.4 Å². The van der Waals surface area contributed by atoms with Gasteiger partial charge in [-0.3, -0.25) is 14.5 Å². The number of rotatable bonds is 3. The van der Waals surface area contributed by atoms with Crippen molar-refractivity contribution < 1.29 is 19.5 Å². The van der Waals surface area contributed by atoms with Crippen molar-refractivity contribution in [1.82, 2.24) is 4.90 Å². The van der Waals surface area contributed by atoms with Crippen LogP contribution in [-0.2, 0) is 4.79 Å². The minimum absolute atomic E-state index is 0.209. The molecule has 0 saturated carbocycles. The number of hydrogen-bond donors (Lipinski definition) is 1. The van der Waals surface area contributed by atoms with Crippen LogP contribution < -0.4 is 0 Å². The number of nitrogens with zero attached hydrogens (tertiary/aromatic N) is 1. The highest BCUT2D eigenvalue weighted by Crippen LogP contribution is 2.30. The molecule has 0 bridgehead atoms. The normalized spacial score (nSPS) is 14.9. The van der Waals surface area contributed by atoms with Crippen LogP contribution >= 0.6 is 0 Å². The average Bonchev–Trinajstić information content (AvgIpc) is 2.64. The second kappa shape index (κ2) is 4.82. The third-order valence-corrected chi connectivity index (χ3v) is 3.40. The van der Waals surface area contributed by atoms with Crippen molar-refractivity contribution in [3.8, 4) is 12.3 Å². The van der Waals surface area contributed by atoms with Crippen LogP contribution in [-0.4, -0.2) is 33.8 Å². The highest BCUT2D eigenvalue weighted by molar-refractivity contribution is 6.23. The zero-order valence-electron chi connectivity index (χ0n) is 11.1. The number of aliphatic carboxylic acids is 1. The number of fused-ring (bicyclic) bond motifs is 1. The highest BCUT2D eigenvalue weighted by atomic mass is 16.4. The number of carboxylic acids is 1. The summed E-state index contributed by atoms with van der Waals surface area (Å²) < 4.78 is 0. The van der Waals surface area contributed by atoms with Gasteiger partial charge in [0.1, 0.15) is 6.04 Å². The van der Waals surface area contributed by atoms with E-state index in [1.165, 1.54) is 0 Å². The lowest BCUT2D eigenvalue weighted by molar-refractivity contribution is -0.141. The first-order chi connectivity index (χ1) is 9.40. The van der Waals surface area contributed by atoms with Gasteiger partial charge in [0.15, 0.2) is 0 Å². The SMILES string of the molecule is C#CCC(C(=O)O)N1C(=O)c2c(C)ccc(C)c2C1=O. The summed E-state index contributed by atoms with van der Waals surface area (Å²) in [6.45, 7) is 3.42. The van der Waals surface area contributed by atoms with E-state index in [0.29, 0.717) is 11.1 Å². The smallest absolute Gasteiger partial charge is 0.327 e. The minimum atomic E-state index is -1.33. The second-order valence-corrected chi connectivity index (χ2v) is 4.69. The minimum Gasteiger partial charge on any atom is -0.480 e. The molecular formula is C15H13NO4. The second-order valence-electron chi connectivity index (χ2n) is 4.69. The largest absolute Gasteiger partial charge is 0.480 e. The van der Waals surface area contributed by atoms with Gasteiger partial charge in [-0.2, -0.15) is 0 Å². The average molecular weight is 271 g/mol. The van der Waals surface area contributed by atoms with Gasteiger partial charge in [-0.25, -0.2) is 4.79 Å². The molecule has 1 atom stereocenters.